The molecule has 6 heteroatoms. The summed E-state index contributed by atoms with van der Waals surface area (Å²) in [5, 5.41) is 5.88. The maximum atomic E-state index is 12.1. The molecule has 1 aliphatic heterocycles. The van der Waals surface area contributed by atoms with E-state index in [0.29, 0.717) is 23.9 Å². The average molecular weight is 333 g/mol. The number of thiophene rings is 1. The van der Waals surface area contributed by atoms with Gasteiger partial charge in [0.25, 0.3) is 0 Å². The highest BCUT2D eigenvalue weighted by Crippen LogP contribution is 2.25. The molecule has 0 aromatic carbocycles. The Balaban J connectivity index is 1.32. The molecular weight excluding hydrogens is 310 g/mol. The molecule has 0 radical (unpaired) electrons. The molecule has 3 rings (SSSR count). The van der Waals surface area contributed by atoms with Crippen LogP contribution in [0.15, 0.2) is 28.1 Å². The zero-order chi connectivity index (χ0) is 16.1. The lowest BCUT2D eigenvalue weighted by Crippen LogP contribution is -2.55. The van der Waals surface area contributed by atoms with Crippen LogP contribution < -0.4 is 5.73 Å². The van der Waals surface area contributed by atoms with E-state index in [-0.39, 0.29) is 5.78 Å². The number of hydrogen-bond acceptors (Lipinski definition) is 6. The summed E-state index contributed by atoms with van der Waals surface area (Å²) in [6.07, 6.45) is 4.90. The molecule has 3 heterocycles. The highest BCUT2D eigenvalue weighted by molar-refractivity contribution is 7.13. The van der Waals surface area contributed by atoms with Crippen molar-refractivity contribution in [3.8, 4) is 10.6 Å². The quantitative estimate of drug-likeness (QED) is 0.563. The summed E-state index contributed by atoms with van der Waals surface area (Å²) in [4.78, 5) is 15.5. The molecule has 0 spiro atoms. The Morgan fingerprint density at radius 3 is 2.91 bits per heavy atom. The van der Waals surface area contributed by atoms with Crippen LogP contribution in [0.3, 0.4) is 0 Å². The third-order valence-corrected chi connectivity index (χ3v) is 5.06. The van der Waals surface area contributed by atoms with Crippen molar-refractivity contribution in [3.63, 3.8) is 0 Å². The summed E-state index contributed by atoms with van der Waals surface area (Å²) in [7, 11) is 0. The molecule has 1 fully saturated rings. The van der Waals surface area contributed by atoms with Crippen molar-refractivity contribution in [1.29, 1.82) is 0 Å². The number of carbonyl (C=O) groups is 1. The van der Waals surface area contributed by atoms with Crippen LogP contribution in [-0.2, 0) is 0 Å². The van der Waals surface area contributed by atoms with Gasteiger partial charge < -0.3 is 15.2 Å². The Kier molecular flexibility index (Phi) is 5.59. The first-order valence-corrected chi connectivity index (χ1v) is 9.12. The average Bonchev–Trinajstić information content (AvgIpc) is 3.18. The van der Waals surface area contributed by atoms with Gasteiger partial charge in [0.05, 0.1) is 4.88 Å². The minimum atomic E-state index is 0.0743. The predicted octanol–water partition coefficient (Wildman–Crippen LogP) is 3.18. The fourth-order valence-corrected chi connectivity index (χ4v) is 3.51. The van der Waals surface area contributed by atoms with E-state index >= 15 is 0 Å². The molecule has 0 bridgehead atoms. The van der Waals surface area contributed by atoms with Crippen LogP contribution >= 0.6 is 11.3 Å². The van der Waals surface area contributed by atoms with E-state index in [1.54, 1.807) is 17.4 Å². The second-order valence-corrected chi connectivity index (χ2v) is 7.11. The van der Waals surface area contributed by atoms with Crippen molar-refractivity contribution in [2.75, 3.05) is 19.6 Å². The van der Waals surface area contributed by atoms with Gasteiger partial charge in [0, 0.05) is 31.6 Å². The highest BCUT2D eigenvalue weighted by atomic mass is 32.1. The lowest BCUT2D eigenvalue weighted by atomic mass is 10.1. The number of carbonyl (C=O) groups excluding carboxylic acids is 1. The summed E-state index contributed by atoms with van der Waals surface area (Å²) in [6, 6.07) is 6.05. The van der Waals surface area contributed by atoms with Crippen molar-refractivity contribution < 1.29 is 9.32 Å². The Hall–Kier alpha value is -1.50. The number of ketones is 1. The molecule has 0 atom stereocenters. The summed E-state index contributed by atoms with van der Waals surface area (Å²) >= 11 is 1.58. The van der Waals surface area contributed by atoms with Crippen LogP contribution in [0.5, 0.6) is 0 Å². The van der Waals surface area contributed by atoms with Gasteiger partial charge in [-0.2, -0.15) is 0 Å². The molecule has 0 amide bonds. The lowest BCUT2D eigenvalue weighted by Gasteiger charge is -2.36. The number of hydrogen-bond donors (Lipinski definition) is 1. The van der Waals surface area contributed by atoms with Gasteiger partial charge in [0.2, 0.25) is 0 Å². The van der Waals surface area contributed by atoms with Crippen molar-refractivity contribution in [1.82, 2.24) is 10.1 Å². The summed E-state index contributed by atoms with van der Waals surface area (Å²) in [5.41, 5.74) is 6.20. The first-order valence-electron chi connectivity index (χ1n) is 8.24. The van der Waals surface area contributed by atoms with Gasteiger partial charge in [0.1, 0.15) is 5.69 Å². The summed E-state index contributed by atoms with van der Waals surface area (Å²) in [5.74, 6) is 0.751. The first-order chi connectivity index (χ1) is 11.2. The van der Waals surface area contributed by atoms with E-state index in [4.69, 9.17) is 10.3 Å². The zero-order valence-corrected chi connectivity index (χ0v) is 14.1. The van der Waals surface area contributed by atoms with Crippen molar-refractivity contribution in [2.24, 2.45) is 5.73 Å². The van der Waals surface area contributed by atoms with Crippen LogP contribution in [0, 0.1) is 0 Å². The maximum Gasteiger partial charge on any atom is 0.184 e. The highest BCUT2D eigenvalue weighted by Gasteiger charge is 2.21. The molecule has 124 valence electrons. The fraction of sp³-hybridized carbons (Fsp3) is 0.529. The van der Waals surface area contributed by atoms with Gasteiger partial charge in [-0.1, -0.05) is 24.1 Å². The molecule has 1 aliphatic rings. The number of nitrogens with two attached hydrogens (primary N) is 1. The standard InChI is InChI=1S/C17H23N3O2S/c18-13-11-20(12-13)8-4-2-1-3-6-15(21)14-10-16(22-19-14)17-7-5-9-23-17/h5,7,9-10,13H,1-4,6,8,11-12,18H2. The fourth-order valence-electron chi connectivity index (χ4n) is 2.84. The van der Waals surface area contributed by atoms with Crippen LogP contribution in [0.2, 0.25) is 0 Å². The Labute approximate surface area is 140 Å². The van der Waals surface area contributed by atoms with Gasteiger partial charge >= 0.3 is 0 Å². The van der Waals surface area contributed by atoms with E-state index in [2.05, 4.69) is 10.1 Å². The lowest BCUT2D eigenvalue weighted by molar-refractivity contribution is 0.0970. The molecule has 1 saturated heterocycles. The smallest absolute Gasteiger partial charge is 0.184 e. The van der Waals surface area contributed by atoms with E-state index in [9.17, 15) is 4.79 Å². The number of rotatable bonds is 9. The van der Waals surface area contributed by atoms with Crippen molar-refractivity contribution >= 4 is 17.1 Å². The molecule has 2 aromatic rings. The van der Waals surface area contributed by atoms with E-state index in [1.807, 2.05) is 17.5 Å². The van der Waals surface area contributed by atoms with Crippen molar-refractivity contribution in [2.45, 2.75) is 38.1 Å². The Morgan fingerprint density at radius 1 is 1.35 bits per heavy atom. The van der Waals surface area contributed by atoms with Crippen molar-refractivity contribution in [3.05, 3.63) is 29.3 Å². The molecular formula is C17H23N3O2S. The molecule has 2 aromatic heterocycles. The number of unbranched alkanes of at least 4 members (excludes halogenated alkanes) is 3. The van der Waals surface area contributed by atoms with Crippen LogP contribution in [0.25, 0.3) is 10.6 Å². The monoisotopic (exact) mass is 333 g/mol. The van der Waals surface area contributed by atoms with Crippen LogP contribution in [0.1, 0.15) is 42.6 Å². The Morgan fingerprint density at radius 2 is 2.17 bits per heavy atom. The zero-order valence-electron chi connectivity index (χ0n) is 13.2. The third-order valence-electron chi connectivity index (χ3n) is 4.17. The number of nitrogens with zero attached hydrogens (tertiary/aromatic N) is 2. The van der Waals surface area contributed by atoms with Gasteiger partial charge in [-0.05, 0) is 30.8 Å². The molecule has 5 nitrogen and oxygen atoms in total. The molecule has 0 aliphatic carbocycles. The minimum absolute atomic E-state index is 0.0743. The normalized spacial score (nSPS) is 15.7. The van der Waals surface area contributed by atoms with E-state index in [1.165, 1.54) is 6.42 Å². The second kappa shape index (κ2) is 7.86. The number of aromatic nitrogens is 1. The van der Waals surface area contributed by atoms with E-state index < -0.39 is 0 Å². The molecule has 0 unspecified atom stereocenters. The largest absolute Gasteiger partial charge is 0.355 e. The topological polar surface area (TPSA) is 72.4 Å². The predicted molar refractivity (Wildman–Crippen MR) is 91.6 cm³/mol. The van der Waals surface area contributed by atoms with E-state index in [0.717, 1.165) is 43.8 Å². The van der Waals surface area contributed by atoms with Gasteiger partial charge in [-0.25, -0.2) is 0 Å². The van der Waals surface area contributed by atoms with Crippen LogP contribution in [-0.4, -0.2) is 41.5 Å². The first kappa shape index (κ1) is 16.4. The van der Waals surface area contributed by atoms with Gasteiger partial charge in [-0.3, -0.25) is 4.79 Å². The number of likely N-dealkylation sites (tertiary alicyclic amines) is 1. The maximum absolute atomic E-state index is 12.1. The minimum Gasteiger partial charge on any atom is -0.355 e. The van der Waals surface area contributed by atoms with Crippen LogP contribution in [0.4, 0.5) is 0 Å². The third kappa shape index (κ3) is 4.50. The molecule has 2 N–H and O–H groups in total. The molecule has 0 saturated carbocycles. The summed E-state index contributed by atoms with van der Waals surface area (Å²) in [6.45, 7) is 3.21. The molecule has 23 heavy (non-hydrogen) atoms. The summed E-state index contributed by atoms with van der Waals surface area (Å²) < 4.78 is 5.25. The van der Waals surface area contributed by atoms with Gasteiger partial charge in [0.15, 0.2) is 11.5 Å². The van der Waals surface area contributed by atoms with Gasteiger partial charge in [-0.15, -0.1) is 11.3 Å². The Bertz CT molecular complexity index is 618. The number of Topliss-reactive ketones (excluding diaryl/α,β-unsaturated/α-hetero) is 1. The SMILES string of the molecule is NC1CN(CCCCCCC(=O)c2cc(-c3cccs3)on2)C1. The second-order valence-electron chi connectivity index (χ2n) is 6.16.